The maximum Gasteiger partial charge on any atom is 0.336 e. The van der Waals surface area contributed by atoms with Crippen LogP contribution in [0.25, 0.3) is 5.70 Å². The van der Waals surface area contributed by atoms with Crippen LogP contribution < -0.4 is 14.8 Å². The zero-order valence-corrected chi connectivity index (χ0v) is 22.4. The van der Waals surface area contributed by atoms with E-state index in [2.05, 4.69) is 5.32 Å². The summed E-state index contributed by atoms with van der Waals surface area (Å²) < 4.78 is 17.2. The van der Waals surface area contributed by atoms with E-state index in [0.29, 0.717) is 56.8 Å². The number of esters is 1. The standard InChI is InChI=1S/C31H28ClNO5/c1-5-37-31(35)25-18(3)33-28-21-11-6-7-12-22(21)29(34)27(28)26(25)20-14-23(32)30(24(15-20)36-4)38-16-19-10-8-9-17(2)13-19/h6-15,26,33H,5,16H2,1-4H3/t26-/m0/s1. The van der Waals surface area contributed by atoms with Crippen molar-refractivity contribution in [3.05, 3.63) is 110 Å². The molecule has 1 heterocycles. The summed E-state index contributed by atoms with van der Waals surface area (Å²) in [5.74, 6) is -0.543. The highest BCUT2D eigenvalue weighted by Crippen LogP contribution is 2.49. The van der Waals surface area contributed by atoms with E-state index in [1.165, 1.54) is 7.11 Å². The second-order valence-electron chi connectivity index (χ2n) is 9.29. The lowest BCUT2D eigenvalue weighted by Crippen LogP contribution is -2.29. The van der Waals surface area contributed by atoms with Crippen molar-refractivity contribution in [2.24, 2.45) is 0 Å². The summed E-state index contributed by atoms with van der Waals surface area (Å²) in [5, 5.41) is 3.62. The molecule has 0 bridgehead atoms. The van der Waals surface area contributed by atoms with Crippen LogP contribution in [0.3, 0.4) is 0 Å². The highest BCUT2D eigenvalue weighted by atomic mass is 35.5. The van der Waals surface area contributed by atoms with Gasteiger partial charge in [0.1, 0.15) is 6.61 Å². The van der Waals surface area contributed by atoms with Crippen LogP contribution in [-0.2, 0) is 16.1 Å². The summed E-state index contributed by atoms with van der Waals surface area (Å²) >= 11 is 6.77. The van der Waals surface area contributed by atoms with Gasteiger partial charge in [-0.05, 0) is 44.0 Å². The number of allylic oxidation sites excluding steroid dienone is 2. The highest BCUT2D eigenvalue weighted by Gasteiger charge is 2.43. The Labute approximate surface area is 226 Å². The van der Waals surface area contributed by atoms with Gasteiger partial charge in [-0.15, -0.1) is 0 Å². The fourth-order valence-electron chi connectivity index (χ4n) is 5.15. The number of carbonyl (C=O) groups is 2. The van der Waals surface area contributed by atoms with E-state index in [0.717, 1.165) is 16.7 Å². The fraction of sp³-hybridized carbons (Fsp3) is 0.226. The van der Waals surface area contributed by atoms with E-state index in [1.54, 1.807) is 25.1 Å². The van der Waals surface area contributed by atoms with Gasteiger partial charge in [0.2, 0.25) is 0 Å². The number of rotatable bonds is 7. The Morgan fingerprint density at radius 2 is 1.79 bits per heavy atom. The molecule has 0 spiro atoms. The van der Waals surface area contributed by atoms with Crippen molar-refractivity contribution in [1.82, 2.24) is 5.32 Å². The van der Waals surface area contributed by atoms with Gasteiger partial charge in [-0.3, -0.25) is 4.79 Å². The van der Waals surface area contributed by atoms with E-state index in [1.807, 2.05) is 56.3 Å². The van der Waals surface area contributed by atoms with Gasteiger partial charge in [-0.2, -0.15) is 0 Å². The van der Waals surface area contributed by atoms with Gasteiger partial charge in [0.05, 0.1) is 30.0 Å². The zero-order chi connectivity index (χ0) is 27.0. The molecule has 0 fully saturated rings. The van der Waals surface area contributed by atoms with Crippen LogP contribution in [0.4, 0.5) is 0 Å². The van der Waals surface area contributed by atoms with Crippen LogP contribution in [0.15, 0.2) is 77.5 Å². The van der Waals surface area contributed by atoms with Gasteiger partial charge in [0.25, 0.3) is 0 Å². The van der Waals surface area contributed by atoms with E-state index < -0.39 is 11.9 Å². The van der Waals surface area contributed by atoms with Crippen LogP contribution >= 0.6 is 11.6 Å². The molecule has 1 aliphatic heterocycles. The molecule has 1 N–H and O–H groups in total. The number of nitrogens with one attached hydrogen (secondary N) is 1. The van der Waals surface area contributed by atoms with Crippen LogP contribution in [0.2, 0.25) is 5.02 Å². The summed E-state index contributed by atoms with van der Waals surface area (Å²) in [6.07, 6.45) is 0. The van der Waals surface area contributed by atoms with Crippen molar-refractivity contribution < 1.29 is 23.8 Å². The molecule has 2 aliphatic rings. The van der Waals surface area contributed by atoms with Gasteiger partial charge in [-0.25, -0.2) is 4.79 Å². The maximum atomic E-state index is 13.7. The topological polar surface area (TPSA) is 73.9 Å². The van der Waals surface area contributed by atoms with Crippen molar-refractivity contribution in [1.29, 1.82) is 0 Å². The van der Waals surface area contributed by atoms with E-state index >= 15 is 0 Å². The molecule has 3 aromatic carbocycles. The molecule has 0 saturated carbocycles. The highest BCUT2D eigenvalue weighted by molar-refractivity contribution is 6.32. The number of aryl methyl sites for hydroxylation is 1. The third-order valence-corrected chi connectivity index (χ3v) is 7.08. The van der Waals surface area contributed by atoms with Gasteiger partial charge in [0.15, 0.2) is 17.3 Å². The van der Waals surface area contributed by atoms with Crippen LogP contribution in [0.5, 0.6) is 11.5 Å². The number of dihydropyridines is 1. The first-order chi connectivity index (χ1) is 18.3. The Bertz CT molecular complexity index is 1520. The Kier molecular flexibility index (Phi) is 7.00. The van der Waals surface area contributed by atoms with Crippen molar-refractivity contribution in [3.8, 4) is 11.5 Å². The maximum absolute atomic E-state index is 13.7. The van der Waals surface area contributed by atoms with Gasteiger partial charge in [0, 0.05) is 28.3 Å². The minimum atomic E-state index is -0.706. The van der Waals surface area contributed by atoms with Crippen LogP contribution in [-0.4, -0.2) is 25.5 Å². The molecular weight excluding hydrogens is 502 g/mol. The molecule has 1 atom stereocenters. The number of hydrogen-bond acceptors (Lipinski definition) is 6. The van der Waals surface area contributed by atoms with Gasteiger partial charge < -0.3 is 19.5 Å². The first-order valence-corrected chi connectivity index (χ1v) is 12.8. The predicted octanol–water partition coefficient (Wildman–Crippen LogP) is 6.37. The molecule has 0 aromatic heterocycles. The summed E-state index contributed by atoms with van der Waals surface area (Å²) in [7, 11) is 1.53. The quantitative estimate of drug-likeness (QED) is 0.359. The van der Waals surface area contributed by atoms with Crippen molar-refractivity contribution in [3.63, 3.8) is 0 Å². The number of ketones is 1. The molecule has 5 rings (SSSR count). The average Bonchev–Trinajstić information content (AvgIpc) is 3.18. The lowest BCUT2D eigenvalue weighted by molar-refractivity contribution is -0.138. The number of halogens is 1. The van der Waals surface area contributed by atoms with E-state index in [-0.39, 0.29) is 12.4 Å². The van der Waals surface area contributed by atoms with Crippen molar-refractivity contribution in [2.45, 2.75) is 33.3 Å². The van der Waals surface area contributed by atoms with Gasteiger partial charge >= 0.3 is 5.97 Å². The monoisotopic (exact) mass is 529 g/mol. The Balaban J connectivity index is 1.60. The molecule has 7 heteroatoms. The first-order valence-electron chi connectivity index (χ1n) is 12.4. The second kappa shape index (κ2) is 10.4. The molecule has 0 saturated heterocycles. The summed E-state index contributed by atoms with van der Waals surface area (Å²) in [6, 6.07) is 18.9. The second-order valence-corrected chi connectivity index (χ2v) is 9.70. The molecule has 194 valence electrons. The first kappa shape index (κ1) is 25.6. The fourth-order valence-corrected chi connectivity index (χ4v) is 5.42. The smallest absolute Gasteiger partial charge is 0.336 e. The molecule has 0 unspecified atom stereocenters. The number of methoxy groups -OCH3 is 1. The summed E-state index contributed by atoms with van der Waals surface area (Å²) in [5.41, 5.74) is 6.29. The minimum absolute atomic E-state index is 0.141. The Hall–Kier alpha value is -4.03. The van der Waals surface area contributed by atoms with Crippen LogP contribution in [0.1, 0.15) is 52.4 Å². The third kappa shape index (κ3) is 4.45. The number of ether oxygens (including phenoxy) is 3. The lowest BCUT2D eigenvalue weighted by Gasteiger charge is -2.29. The van der Waals surface area contributed by atoms with Gasteiger partial charge in [-0.1, -0.05) is 65.7 Å². The summed E-state index contributed by atoms with van der Waals surface area (Å²) in [6.45, 7) is 6.10. The predicted molar refractivity (Wildman–Crippen MR) is 146 cm³/mol. The Morgan fingerprint density at radius 1 is 1.03 bits per heavy atom. The molecule has 0 radical (unpaired) electrons. The number of carbonyl (C=O) groups excluding carboxylic acids is 2. The normalized spacial score (nSPS) is 16.1. The SMILES string of the molecule is CCOC(=O)C1=C(C)NC2=C(C(=O)c3ccccc32)[C@H]1c1cc(Cl)c(OCc2cccc(C)c2)c(OC)c1. The number of fused-ring (bicyclic) bond motifs is 2. The lowest BCUT2D eigenvalue weighted by atomic mass is 9.79. The van der Waals surface area contributed by atoms with Crippen molar-refractivity contribution in [2.75, 3.05) is 13.7 Å². The molecule has 3 aromatic rings. The number of hydrogen-bond donors (Lipinski definition) is 1. The van der Waals surface area contributed by atoms with E-state index in [9.17, 15) is 9.59 Å². The van der Waals surface area contributed by atoms with Crippen LogP contribution in [0, 0.1) is 6.92 Å². The molecular formula is C31H28ClNO5. The molecule has 6 nitrogen and oxygen atoms in total. The zero-order valence-electron chi connectivity index (χ0n) is 21.7. The summed E-state index contributed by atoms with van der Waals surface area (Å²) in [4.78, 5) is 26.9. The number of Topliss-reactive ketones (excluding diaryl/α,β-unsaturated/α-hetero) is 1. The third-order valence-electron chi connectivity index (χ3n) is 6.79. The average molecular weight is 530 g/mol. The minimum Gasteiger partial charge on any atom is -0.493 e. The Morgan fingerprint density at radius 3 is 2.50 bits per heavy atom. The van der Waals surface area contributed by atoms with E-state index in [4.69, 9.17) is 25.8 Å². The van der Waals surface area contributed by atoms with Crippen molar-refractivity contribution >= 4 is 29.1 Å². The molecule has 1 aliphatic carbocycles. The molecule has 0 amide bonds. The molecule has 38 heavy (non-hydrogen) atoms. The largest absolute Gasteiger partial charge is 0.493 e. The number of benzene rings is 3.